The second kappa shape index (κ2) is 2.45. The monoisotopic (exact) mass is 129 g/mol. The molecule has 52 valence electrons. The van der Waals surface area contributed by atoms with Gasteiger partial charge in [-0.2, -0.15) is 0 Å². The predicted molar refractivity (Wildman–Crippen MR) is 32.8 cm³/mol. The molecule has 1 aliphatic heterocycles. The van der Waals surface area contributed by atoms with Gasteiger partial charge in [-0.1, -0.05) is 0 Å². The maximum atomic E-state index is 10.7. The minimum atomic E-state index is -0.610. The van der Waals surface area contributed by atoms with Crippen LogP contribution in [0.2, 0.25) is 0 Å². The Morgan fingerprint density at radius 2 is 2.33 bits per heavy atom. The SMILES string of the molecule is CC1CC(=O)CC(O)N1. The van der Waals surface area contributed by atoms with Crippen molar-refractivity contribution in [3.8, 4) is 0 Å². The molecular weight excluding hydrogens is 118 g/mol. The molecule has 1 rings (SSSR count). The summed E-state index contributed by atoms with van der Waals surface area (Å²) in [5, 5.41) is 11.8. The van der Waals surface area contributed by atoms with E-state index in [0.717, 1.165) is 0 Å². The van der Waals surface area contributed by atoms with E-state index in [4.69, 9.17) is 5.11 Å². The molecule has 2 unspecified atom stereocenters. The normalized spacial score (nSPS) is 36.9. The van der Waals surface area contributed by atoms with Crippen LogP contribution in [0.15, 0.2) is 0 Å². The summed E-state index contributed by atoms with van der Waals surface area (Å²) in [6.45, 7) is 1.89. The third-order valence-corrected chi connectivity index (χ3v) is 1.43. The number of ketones is 1. The lowest BCUT2D eigenvalue weighted by molar-refractivity contribution is -0.124. The lowest BCUT2D eigenvalue weighted by atomic mass is 10.0. The van der Waals surface area contributed by atoms with Gasteiger partial charge in [0.2, 0.25) is 0 Å². The number of hydrogen-bond acceptors (Lipinski definition) is 3. The second-order valence-electron chi connectivity index (χ2n) is 2.53. The van der Waals surface area contributed by atoms with Gasteiger partial charge in [-0.25, -0.2) is 0 Å². The van der Waals surface area contributed by atoms with E-state index in [1.807, 2.05) is 6.92 Å². The number of carbonyl (C=O) groups is 1. The fourth-order valence-corrected chi connectivity index (χ4v) is 1.09. The molecule has 0 saturated carbocycles. The Bertz CT molecular complexity index is 112. The first-order valence-corrected chi connectivity index (χ1v) is 3.14. The number of piperidine rings is 1. The van der Waals surface area contributed by atoms with Gasteiger partial charge in [0, 0.05) is 18.9 Å². The van der Waals surface area contributed by atoms with Gasteiger partial charge in [0.25, 0.3) is 0 Å². The van der Waals surface area contributed by atoms with Crippen molar-refractivity contribution in [3.05, 3.63) is 0 Å². The van der Waals surface area contributed by atoms with Crippen LogP contribution in [-0.2, 0) is 4.79 Å². The van der Waals surface area contributed by atoms with Crippen molar-refractivity contribution >= 4 is 5.78 Å². The van der Waals surface area contributed by atoms with Gasteiger partial charge in [-0.3, -0.25) is 10.1 Å². The molecule has 0 amide bonds. The van der Waals surface area contributed by atoms with Crippen LogP contribution in [0.5, 0.6) is 0 Å². The Morgan fingerprint density at radius 1 is 1.67 bits per heavy atom. The Morgan fingerprint density at radius 3 is 2.78 bits per heavy atom. The van der Waals surface area contributed by atoms with Crippen LogP contribution in [0.3, 0.4) is 0 Å². The Balaban J connectivity index is 2.43. The molecule has 1 fully saturated rings. The number of rotatable bonds is 0. The lowest BCUT2D eigenvalue weighted by Gasteiger charge is -2.23. The van der Waals surface area contributed by atoms with Gasteiger partial charge >= 0.3 is 0 Å². The topological polar surface area (TPSA) is 49.3 Å². The van der Waals surface area contributed by atoms with Crippen molar-refractivity contribution < 1.29 is 9.90 Å². The fourth-order valence-electron chi connectivity index (χ4n) is 1.09. The van der Waals surface area contributed by atoms with E-state index >= 15 is 0 Å². The van der Waals surface area contributed by atoms with Crippen molar-refractivity contribution in [3.63, 3.8) is 0 Å². The fraction of sp³-hybridized carbons (Fsp3) is 0.833. The van der Waals surface area contributed by atoms with E-state index in [0.29, 0.717) is 6.42 Å². The van der Waals surface area contributed by atoms with Gasteiger partial charge in [-0.15, -0.1) is 0 Å². The van der Waals surface area contributed by atoms with Gasteiger partial charge < -0.3 is 5.11 Å². The largest absolute Gasteiger partial charge is 0.378 e. The Labute approximate surface area is 54.1 Å². The van der Waals surface area contributed by atoms with E-state index in [1.54, 1.807) is 0 Å². The van der Waals surface area contributed by atoms with Crippen LogP contribution in [0.25, 0.3) is 0 Å². The highest BCUT2D eigenvalue weighted by molar-refractivity contribution is 5.80. The van der Waals surface area contributed by atoms with Crippen molar-refractivity contribution in [2.45, 2.75) is 32.0 Å². The number of Topliss-reactive ketones (excluding diaryl/α,β-unsaturated/α-hetero) is 1. The summed E-state index contributed by atoms with van der Waals surface area (Å²) in [6, 6.07) is 0.140. The molecule has 0 bridgehead atoms. The van der Waals surface area contributed by atoms with Crippen LogP contribution in [0.4, 0.5) is 0 Å². The van der Waals surface area contributed by atoms with Crippen molar-refractivity contribution in [1.82, 2.24) is 5.32 Å². The van der Waals surface area contributed by atoms with Crippen LogP contribution in [0, 0.1) is 0 Å². The van der Waals surface area contributed by atoms with Gasteiger partial charge in [0.05, 0.1) is 0 Å². The molecule has 0 aromatic carbocycles. The number of carbonyl (C=O) groups excluding carboxylic acids is 1. The molecule has 1 saturated heterocycles. The summed E-state index contributed by atoms with van der Waals surface area (Å²) in [7, 11) is 0. The standard InChI is InChI=1S/C6H11NO2/c1-4-2-5(8)3-6(9)7-4/h4,6-7,9H,2-3H2,1H3. The maximum Gasteiger partial charge on any atom is 0.138 e. The third kappa shape index (κ3) is 1.77. The van der Waals surface area contributed by atoms with Crippen LogP contribution >= 0.6 is 0 Å². The Kier molecular flexibility index (Phi) is 1.83. The summed E-state index contributed by atoms with van der Waals surface area (Å²) in [6.07, 6.45) is 0.211. The van der Waals surface area contributed by atoms with Crippen molar-refractivity contribution in [1.29, 1.82) is 0 Å². The second-order valence-corrected chi connectivity index (χ2v) is 2.53. The minimum Gasteiger partial charge on any atom is -0.378 e. The third-order valence-electron chi connectivity index (χ3n) is 1.43. The van der Waals surface area contributed by atoms with Gasteiger partial charge in [0.1, 0.15) is 12.0 Å². The van der Waals surface area contributed by atoms with Crippen LogP contribution < -0.4 is 5.32 Å². The molecule has 0 aromatic heterocycles. The van der Waals surface area contributed by atoms with Crippen LogP contribution in [-0.4, -0.2) is 23.2 Å². The van der Waals surface area contributed by atoms with Crippen molar-refractivity contribution in [2.75, 3.05) is 0 Å². The minimum absolute atomic E-state index is 0.140. The summed E-state index contributed by atoms with van der Waals surface area (Å²) >= 11 is 0. The number of hydrogen-bond donors (Lipinski definition) is 2. The molecule has 1 heterocycles. The van der Waals surface area contributed by atoms with Crippen molar-refractivity contribution in [2.24, 2.45) is 0 Å². The molecular formula is C6H11NO2. The smallest absolute Gasteiger partial charge is 0.138 e. The van der Waals surface area contributed by atoms with Crippen LogP contribution in [0.1, 0.15) is 19.8 Å². The quantitative estimate of drug-likeness (QED) is 0.470. The Hall–Kier alpha value is -0.410. The molecule has 2 N–H and O–H groups in total. The first-order valence-electron chi connectivity index (χ1n) is 3.14. The number of aliphatic hydroxyl groups is 1. The predicted octanol–water partition coefficient (Wildman–Crippen LogP) is -0.354. The van der Waals surface area contributed by atoms with E-state index < -0.39 is 6.23 Å². The van der Waals surface area contributed by atoms with E-state index in [2.05, 4.69) is 5.32 Å². The first kappa shape index (κ1) is 6.71. The molecule has 0 radical (unpaired) electrons. The molecule has 0 aromatic rings. The molecule has 9 heavy (non-hydrogen) atoms. The lowest BCUT2D eigenvalue weighted by Crippen LogP contribution is -2.44. The summed E-state index contributed by atoms with van der Waals surface area (Å²) in [4.78, 5) is 10.7. The molecule has 0 spiro atoms. The first-order chi connectivity index (χ1) is 4.18. The zero-order valence-corrected chi connectivity index (χ0v) is 5.42. The molecule has 3 heteroatoms. The number of aliphatic hydroxyl groups excluding tert-OH is 1. The van der Waals surface area contributed by atoms with Gasteiger partial charge in [-0.05, 0) is 6.92 Å². The molecule has 3 nitrogen and oxygen atoms in total. The molecule has 2 atom stereocenters. The molecule has 0 aliphatic carbocycles. The molecule has 1 aliphatic rings. The zero-order valence-electron chi connectivity index (χ0n) is 5.42. The zero-order chi connectivity index (χ0) is 6.85. The summed E-state index contributed by atoms with van der Waals surface area (Å²) in [5.41, 5.74) is 0. The van der Waals surface area contributed by atoms with E-state index in [9.17, 15) is 4.79 Å². The summed E-state index contributed by atoms with van der Waals surface area (Å²) < 4.78 is 0. The average Bonchev–Trinajstić information content (AvgIpc) is 1.59. The highest BCUT2D eigenvalue weighted by Gasteiger charge is 2.20. The highest BCUT2D eigenvalue weighted by Crippen LogP contribution is 2.05. The van der Waals surface area contributed by atoms with E-state index in [-0.39, 0.29) is 18.2 Å². The highest BCUT2D eigenvalue weighted by atomic mass is 16.3. The van der Waals surface area contributed by atoms with E-state index in [1.165, 1.54) is 0 Å². The summed E-state index contributed by atoms with van der Waals surface area (Å²) in [5.74, 6) is 0.147. The maximum absolute atomic E-state index is 10.7. The van der Waals surface area contributed by atoms with Gasteiger partial charge in [0.15, 0.2) is 0 Å². The average molecular weight is 129 g/mol. The number of nitrogens with one attached hydrogen (secondary N) is 1.